The van der Waals surface area contributed by atoms with Crippen molar-refractivity contribution >= 4 is 17.4 Å². The molecule has 1 saturated carbocycles. The Labute approximate surface area is 156 Å². The van der Waals surface area contributed by atoms with E-state index in [1.54, 1.807) is 0 Å². The predicted octanol–water partition coefficient (Wildman–Crippen LogP) is 5.14. The lowest BCUT2D eigenvalue weighted by atomic mass is 10.1. The third-order valence-corrected chi connectivity index (χ3v) is 4.46. The Morgan fingerprint density at radius 3 is 2.77 bits per heavy atom. The minimum Gasteiger partial charge on any atom is -0.309 e. The van der Waals surface area contributed by atoms with E-state index in [0.717, 1.165) is 29.1 Å². The van der Waals surface area contributed by atoms with E-state index in [2.05, 4.69) is 28.5 Å². The number of carbonyl (C=O) groups is 1. The molecule has 1 aliphatic rings. The highest BCUT2D eigenvalue weighted by Gasteiger charge is 2.26. The molecule has 1 fully saturated rings. The highest BCUT2D eigenvalue weighted by Crippen LogP contribution is 2.39. The highest BCUT2D eigenvalue weighted by atomic mass is 16.2. The molecule has 1 aromatic rings. The van der Waals surface area contributed by atoms with Gasteiger partial charge in [0.1, 0.15) is 0 Å². The van der Waals surface area contributed by atoms with Crippen molar-refractivity contribution in [3.05, 3.63) is 47.3 Å². The maximum Gasteiger partial charge on any atom is 0.234 e. The largest absolute Gasteiger partial charge is 0.309 e. The number of aromatic amines is 1. The molecule has 1 aliphatic carbocycles. The first kappa shape index (κ1) is 19.9. The Hall–Kier alpha value is -2.43. The Morgan fingerprint density at radius 2 is 2.19 bits per heavy atom. The van der Waals surface area contributed by atoms with Gasteiger partial charge in [0.25, 0.3) is 0 Å². The molecule has 2 N–H and O–H groups in total. The van der Waals surface area contributed by atoms with Gasteiger partial charge in [0.15, 0.2) is 5.82 Å². The lowest BCUT2D eigenvalue weighted by molar-refractivity contribution is -0.118. The maximum atomic E-state index is 12.6. The van der Waals surface area contributed by atoms with E-state index in [1.165, 1.54) is 12.8 Å². The molecule has 0 radical (unpaired) electrons. The molecule has 0 aromatic carbocycles. The van der Waals surface area contributed by atoms with Crippen LogP contribution in [0.4, 0.5) is 5.82 Å². The molecule has 1 amide bonds. The Balaban J connectivity index is 2.07. The fourth-order valence-corrected chi connectivity index (χ4v) is 2.74. The molecule has 140 valence electrons. The average molecular weight is 354 g/mol. The Morgan fingerprint density at radius 1 is 1.46 bits per heavy atom. The van der Waals surface area contributed by atoms with Crippen LogP contribution in [0.2, 0.25) is 0 Å². The van der Waals surface area contributed by atoms with Crippen LogP contribution in [0.1, 0.15) is 65.5 Å². The molecule has 0 saturated heterocycles. The average Bonchev–Trinajstić information content (AvgIpc) is 3.37. The molecular weight excluding hydrogens is 324 g/mol. The molecule has 0 bridgehead atoms. The van der Waals surface area contributed by atoms with E-state index in [9.17, 15) is 4.79 Å². The summed E-state index contributed by atoms with van der Waals surface area (Å²) in [5.41, 5.74) is 3.98. The minimum absolute atomic E-state index is 0.0969. The standard InChI is InChI=1S/C21H30N4O/c1-6-9-14(4)12-17(7-2)22-18(8-3)15(5)21(26)23-20-13-19(24-25-20)16-10-11-16/h6,8-9,12-13,15-16H,7,10-11H2,1-5H3,(H2,23,24,25,26)/b9-6-,14-12-,18-8-,22-17-. The van der Waals surface area contributed by atoms with Gasteiger partial charge in [-0.05, 0) is 58.6 Å². The first-order valence-electron chi connectivity index (χ1n) is 9.39. The summed E-state index contributed by atoms with van der Waals surface area (Å²) >= 11 is 0. The van der Waals surface area contributed by atoms with Crippen LogP contribution in [0, 0.1) is 5.92 Å². The number of rotatable bonds is 8. The summed E-state index contributed by atoms with van der Waals surface area (Å²) in [4.78, 5) is 17.3. The number of H-pyrrole nitrogens is 1. The summed E-state index contributed by atoms with van der Waals surface area (Å²) in [7, 11) is 0. The zero-order valence-corrected chi connectivity index (χ0v) is 16.5. The van der Waals surface area contributed by atoms with E-state index in [0.29, 0.717) is 11.7 Å². The van der Waals surface area contributed by atoms with E-state index in [1.807, 2.05) is 52.0 Å². The van der Waals surface area contributed by atoms with Crippen molar-refractivity contribution in [2.45, 2.75) is 59.8 Å². The first-order chi connectivity index (χ1) is 12.5. The lowest BCUT2D eigenvalue weighted by Gasteiger charge is -2.12. The third kappa shape index (κ3) is 5.55. The second kappa shape index (κ2) is 9.32. The number of nitrogens with zero attached hydrogens (tertiary/aromatic N) is 2. The van der Waals surface area contributed by atoms with E-state index < -0.39 is 0 Å². The van der Waals surface area contributed by atoms with Crippen molar-refractivity contribution in [1.82, 2.24) is 10.2 Å². The fraction of sp³-hybridized carbons (Fsp3) is 0.476. The molecule has 1 aromatic heterocycles. The van der Waals surface area contributed by atoms with Gasteiger partial charge >= 0.3 is 0 Å². The number of carbonyl (C=O) groups excluding carboxylic acids is 1. The van der Waals surface area contributed by atoms with Gasteiger partial charge in [-0.15, -0.1) is 0 Å². The Kier molecular flexibility index (Phi) is 7.13. The number of nitrogens with one attached hydrogen (secondary N) is 2. The summed E-state index contributed by atoms with van der Waals surface area (Å²) in [5.74, 6) is 0.724. The lowest BCUT2D eigenvalue weighted by Crippen LogP contribution is -2.22. The molecule has 5 nitrogen and oxygen atoms in total. The fourth-order valence-electron chi connectivity index (χ4n) is 2.74. The maximum absolute atomic E-state index is 12.6. The van der Waals surface area contributed by atoms with Crippen LogP contribution in [-0.2, 0) is 4.79 Å². The molecule has 5 heteroatoms. The zero-order chi connectivity index (χ0) is 19.1. The second-order valence-electron chi connectivity index (χ2n) is 6.75. The van der Waals surface area contributed by atoms with Gasteiger partial charge in [0, 0.05) is 29.1 Å². The molecule has 1 atom stereocenters. The number of aliphatic imine (C=N–C) groups is 1. The van der Waals surface area contributed by atoms with Gasteiger partial charge in [-0.25, -0.2) is 0 Å². The van der Waals surface area contributed by atoms with Crippen LogP contribution in [-0.4, -0.2) is 21.8 Å². The van der Waals surface area contributed by atoms with Crippen molar-refractivity contribution in [1.29, 1.82) is 0 Å². The summed E-state index contributed by atoms with van der Waals surface area (Å²) in [6.45, 7) is 9.90. The summed E-state index contributed by atoms with van der Waals surface area (Å²) in [5, 5.41) is 10.1. The van der Waals surface area contributed by atoms with Crippen LogP contribution < -0.4 is 5.32 Å². The van der Waals surface area contributed by atoms with E-state index in [-0.39, 0.29) is 11.8 Å². The molecule has 1 heterocycles. The van der Waals surface area contributed by atoms with Gasteiger partial charge in [-0.3, -0.25) is 14.9 Å². The minimum atomic E-state index is -0.349. The van der Waals surface area contributed by atoms with Crippen LogP contribution in [0.25, 0.3) is 0 Å². The number of allylic oxidation sites excluding steroid dienone is 5. The monoisotopic (exact) mass is 354 g/mol. The summed E-state index contributed by atoms with van der Waals surface area (Å²) in [6.07, 6.45) is 11.2. The topological polar surface area (TPSA) is 70.1 Å². The molecular formula is C21H30N4O. The quantitative estimate of drug-likeness (QED) is 0.501. The molecule has 1 unspecified atom stereocenters. The normalized spacial score (nSPS) is 17.7. The number of aromatic nitrogens is 2. The molecule has 0 aliphatic heterocycles. The number of anilines is 1. The van der Waals surface area contributed by atoms with Crippen molar-refractivity contribution in [2.75, 3.05) is 5.32 Å². The Bertz CT molecular complexity index is 748. The second-order valence-corrected chi connectivity index (χ2v) is 6.75. The first-order valence-corrected chi connectivity index (χ1v) is 9.39. The van der Waals surface area contributed by atoms with Crippen molar-refractivity contribution in [3.63, 3.8) is 0 Å². The smallest absolute Gasteiger partial charge is 0.234 e. The van der Waals surface area contributed by atoms with Crippen LogP contribution in [0.5, 0.6) is 0 Å². The van der Waals surface area contributed by atoms with Crippen molar-refractivity contribution in [2.24, 2.45) is 10.9 Å². The summed E-state index contributed by atoms with van der Waals surface area (Å²) in [6, 6.07) is 1.93. The number of amides is 1. The van der Waals surface area contributed by atoms with Gasteiger partial charge in [0.2, 0.25) is 5.91 Å². The SMILES string of the molecule is C\C=C/C(C)=C\C(CC)=N/C(=C\C)C(C)C(=O)Nc1cc(C2CC2)[nH]n1. The van der Waals surface area contributed by atoms with Crippen LogP contribution >= 0.6 is 0 Å². The van der Waals surface area contributed by atoms with E-state index in [4.69, 9.17) is 4.99 Å². The van der Waals surface area contributed by atoms with Crippen LogP contribution in [0.15, 0.2) is 46.6 Å². The number of hydrogen-bond donors (Lipinski definition) is 2. The molecule has 2 rings (SSSR count). The van der Waals surface area contributed by atoms with Crippen molar-refractivity contribution in [3.8, 4) is 0 Å². The molecule has 26 heavy (non-hydrogen) atoms. The highest BCUT2D eigenvalue weighted by molar-refractivity contribution is 5.98. The van der Waals surface area contributed by atoms with Gasteiger partial charge < -0.3 is 5.32 Å². The predicted molar refractivity (Wildman–Crippen MR) is 108 cm³/mol. The zero-order valence-electron chi connectivity index (χ0n) is 16.5. The summed E-state index contributed by atoms with van der Waals surface area (Å²) < 4.78 is 0. The third-order valence-electron chi connectivity index (χ3n) is 4.46. The van der Waals surface area contributed by atoms with Gasteiger partial charge in [0.05, 0.1) is 5.92 Å². The van der Waals surface area contributed by atoms with Gasteiger partial charge in [-0.1, -0.05) is 25.2 Å². The van der Waals surface area contributed by atoms with Crippen LogP contribution in [0.3, 0.4) is 0 Å². The number of hydrogen-bond acceptors (Lipinski definition) is 3. The van der Waals surface area contributed by atoms with Gasteiger partial charge in [-0.2, -0.15) is 5.10 Å². The van der Waals surface area contributed by atoms with Crippen molar-refractivity contribution < 1.29 is 4.79 Å². The molecule has 0 spiro atoms. The van der Waals surface area contributed by atoms with E-state index >= 15 is 0 Å².